The van der Waals surface area contributed by atoms with Gasteiger partial charge in [0.15, 0.2) is 5.65 Å². The number of aliphatic hydroxyl groups is 1. The lowest BCUT2D eigenvalue weighted by Gasteiger charge is -2.39. The molecule has 2 aromatic heterocycles. The molecule has 2 fully saturated rings. The molecule has 3 N–H and O–H groups in total. The second-order valence-corrected chi connectivity index (χ2v) is 11.2. The quantitative estimate of drug-likeness (QED) is 0.455. The number of hydrogen-bond donors (Lipinski definition) is 3. The number of aromatic nitrogens is 3. The number of carbonyl (C=O) groups excluding carboxylic acids is 1. The summed E-state index contributed by atoms with van der Waals surface area (Å²) in [5.74, 6) is 0. The van der Waals surface area contributed by atoms with Crippen molar-refractivity contribution in [3.63, 3.8) is 0 Å². The number of β-amino-alcohol motifs (C(OH)–C–C–N with tert-alkyl or cyclic N) is 1. The number of likely N-dealkylation sites (tertiary alicyclic amines) is 1. The zero-order chi connectivity index (χ0) is 27.5. The second-order valence-electron chi connectivity index (χ2n) is 11.2. The normalized spacial score (nSPS) is 23.3. The number of hydrogen-bond acceptors (Lipinski definition) is 6. The number of urea groups is 1. The minimum Gasteiger partial charge on any atom is -0.391 e. The highest BCUT2D eigenvalue weighted by atomic mass is 19.4. The largest absolute Gasteiger partial charge is 0.420 e. The summed E-state index contributed by atoms with van der Waals surface area (Å²) in [4.78, 5) is 28.2. The molecule has 0 aliphatic carbocycles. The number of aliphatic hydroxyl groups excluding tert-OH is 1. The van der Waals surface area contributed by atoms with Crippen molar-refractivity contribution >= 4 is 17.2 Å². The number of alkyl halides is 3. The Bertz CT molecular complexity index is 1420. The van der Waals surface area contributed by atoms with Gasteiger partial charge in [-0.25, -0.2) is 14.8 Å². The van der Waals surface area contributed by atoms with Crippen LogP contribution in [0.2, 0.25) is 0 Å². The minimum atomic E-state index is -4.55. The number of halogens is 3. The van der Waals surface area contributed by atoms with Gasteiger partial charge < -0.3 is 29.9 Å². The van der Waals surface area contributed by atoms with Crippen molar-refractivity contribution in [2.45, 2.75) is 57.1 Å². The Hall–Kier alpha value is -3.22. The molecular weight excluding hydrogens is 513 g/mol. The summed E-state index contributed by atoms with van der Waals surface area (Å²) in [6.07, 6.45) is -1.61. The van der Waals surface area contributed by atoms with Gasteiger partial charge in [-0.2, -0.15) is 13.2 Å². The number of nitrogens with zero attached hydrogens (tertiary/aromatic N) is 4. The molecule has 12 heteroatoms. The number of nitrogens with one attached hydrogen (secondary N) is 2. The molecule has 3 aliphatic rings. The Morgan fingerprint density at radius 3 is 2.79 bits per heavy atom. The molecule has 5 heterocycles. The van der Waals surface area contributed by atoms with Crippen LogP contribution in [0.1, 0.15) is 48.6 Å². The smallest absolute Gasteiger partial charge is 0.391 e. The summed E-state index contributed by atoms with van der Waals surface area (Å²) in [6.45, 7) is 6.81. The van der Waals surface area contributed by atoms with Gasteiger partial charge in [0.2, 0.25) is 0 Å². The monoisotopic (exact) mass is 544 g/mol. The number of benzene rings is 1. The molecule has 3 aliphatic heterocycles. The Balaban J connectivity index is 1.38. The van der Waals surface area contributed by atoms with Crippen LogP contribution in [0.15, 0.2) is 24.5 Å². The number of amides is 2. The fourth-order valence-electron chi connectivity index (χ4n) is 6.05. The number of aromatic amines is 1. The standard InChI is InChI=1S/C27H31F3N6O3/c1-26(2)9-17(37)12-36(26)25(38)35-5-3-15-7-16(8-18(19(15)13-35)22-14-39-6-4-31-22)21-11-33-24-23(34-21)20(10-32-24)27(28,29)30/h7-8,10-11,17,22,31,37H,3-6,9,12-14H2,1-2H3,(H,32,33)/t17?,22-/m0/s1. The van der Waals surface area contributed by atoms with Crippen molar-refractivity contribution in [2.75, 3.05) is 32.8 Å². The Kier molecular flexibility index (Phi) is 6.31. The third-order valence-corrected chi connectivity index (χ3v) is 8.02. The van der Waals surface area contributed by atoms with Crippen LogP contribution in [0.4, 0.5) is 18.0 Å². The first kappa shape index (κ1) is 26.0. The molecule has 2 amide bonds. The molecule has 6 rings (SSSR count). The van der Waals surface area contributed by atoms with E-state index in [1.54, 1.807) is 4.90 Å². The third kappa shape index (κ3) is 4.74. The second kappa shape index (κ2) is 9.46. The molecule has 0 saturated carbocycles. The van der Waals surface area contributed by atoms with Crippen LogP contribution in [0.5, 0.6) is 0 Å². The lowest BCUT2D eigenvalue weighted by atomic mass is 9.88. The van der Waals surface area contributed by atoms with Crippen molar-refractivity contribution in [3.05, 3.63) is 46.8 Å². The Morgan fingerprint density at radius 2 is 2.10 bits per heavy atom. The zero-order valence-electron chi connectivity index (χ0n) is 21.8. The first-order valence-electron chi connectivity index (χ1n) is 13.1. The number of morpholine rings is 1. The van der Waals surface area contributed by atoms with Crippen LogP contribution in [0.3, 0.4) is 0 Å². The molecule has 0 radical (unpaired) electrons. The van der Waals surface area contributed by atoms with E-state index in [-0.39, 0.29) is 23.2 Å². The number of rotatable bonds is 2. The first-order valence-corrected chi connectivity index (χ1v) is 13.1. The van der Waals surface area contributed by atoms with Crippen LogP contribution in [-0.2, 0) is 23.9 Å². The zero-order valence-corrected chi connectivity index (χ0v) is 21.8. The summed E-state index contributed by atoms with van der Waals surface area (Å²) in [5, 5.41) is 13.7. The van der Waals surface area contributed by atoms with Crippen molar-refractivity contribution in [1.82, 2.24) is 30.1 Å². The first-order chi connectivity index (χ1) is 18.5. The topological polar surface area (TPSA) is 107 Å². The van der Waals surface area contributed by atoms with Gasteiger partial charge in [0.25, 0.3) is 0 Å². The molecular formula is C27H31F3N6O3. The summed E-state index contributed by atoms with van der Waals surface area (Å²) in [5.41, 5.74) is 2.55. The molecule has 208 valence electrons. The van der Waals surface area contributed by atoms with Crippen molar-refractivity contribution in [2.24, 2.45) is 0 Å². The maximum Gasteiger partial charge on any atom is 0.420 e. The summed E-state index contributed by atoms with van der Waals surface area (Å²) < 4.78 is 46.4. The highest BCUT2D eigenvalue weighted by molar-refractivity contribution is 5.79. The maximum absolute atomic E-state index is 13.5. The van der Waals surface area contributed by atoms with Gasteiger partial charge in [-0.05, 0) is 55.5 Å². The highest BCUT2D eigenvalue weighted by Crippen LogP contribution is 2.37. The molecule has 9 nitrogen and oxygen atoms in total. The van der Waals surface area contributed by atoms with E-state index in [1.807, 2.05) is 30.9 Å². The number of fused-ring (bicyclic) bond motifs is 2. The number of ether oxygens (including phenoxy) is 1. The van der Waals surface area contributed by atoms with E-state index >= 15 is 0 Å². The van der Waals surface area contributed by atoms with Crippen molar-refractivity contribution in [3.8, 4) is 11.3 Å². The average Bonchev–Trinajstić information content (AvgIpc) is 3.46. The molecule has 0 bridgehead atoms. The summed E-state index contributed by atoms with van der Waals surface area (Å²) >= 11 is 0. The predicted molar refractivity (Wildman–Crippen MR) is 137 cm³/mol. The van der Waals surface area contributed by atoms with E-state index in [2.05, 4.69) is 20.3 Å². The van der Waals surface area contributed by atoms with E-state index in [9.17, 15) is 23.1 Å². The van der Waals surface area contributed by atoms with Crippen molar-refractivity contribution < 1.29 is 27.8 Å². The van der Waals surface area contributed by atoms with Crippen LogP contribution in [0, 0.1) is 0 Å². The van der Waals surface area contributed by atoms with Gasteiger partial charge in [0.05, 0.1) is 37.3 Å². The molecule has 1 aromatic carbocycles. The molecule has 3 aromatic rings. The predicted octanol–water partition coefficient (Wildman–Crippen LogP) is 3.63. The van der Waals surface area contributed by atoms with E-state index in [0.29, 0.717) is 63.5 Å². The highest BCUT2D eigenvalue weighted by Gasteiger charge is 2.43. The lowest BCUT2D eigenvalue weighted by Crippen LogP contribution is -2.51. The number of H-pyrrole nitrogens is 1. The fraction of sp³-hybridized carbons (Fsp3) is 0.519. The van der Waals surface area contributed by atoms with Gasteiger partial charge in [-0.3, -0.25) is 0 Å². The van der Waals surface area contributed by atoms with Gasteiger partial charge in [0.1, 0.15) is 11.1 Å². The maximum atomic E-state index is 13.5. The number of carbonyl (C=O) groups is 1. The molecule has 2 saturated heterocycles. The van der Waals surface area contributed by atoms with Gasteiger partial charge in [-0.15, -0.1) is 0 Å². The van der Waals surface area contributed by atoms with Gasteiger partial charge in [0, 0.05) is 43.5 Å². The summed E-state index contributed by atoms with van der Waals surface area (Å²) in [6, 6.07) is 3.64. The van der Waals surface area contributed by atoms with Gasteiger partial charge in [-0.1, -0.05) is 0 Å². The minimum absolute atomic E-state index is 0.0794. The van der Waals surface area contributed by atoms with Crippen LogP contribution >= 0.6 is 0 Å². The molecule has 2 atom stereocenters. The summed E-state index contributed by atoms with van der Waals surface area (Å²) in [7, 11) is 0. The van der Waals surface area contributed by atoms with E-state index < -0.39 is 23.4 Å². The van der Waals surface area contributed by atoms with Gasteiger partial charge >= 0.3 is 12.2 Å². The van der Waals surface area contributed by atoms with E-state index in [4.69, 9.17) is 4.74 Å². The Labute approximate surface area is 223 Å². The molecule has 1 unspecified atom stereocenters. The van der Waals surface area contributed by atoms with E-state index in [1.165, 1.54) is 6.20 Å². The molecule has 0 spiro atoms. The van der Waals surface area contributed by atoms with Crippen LogP contribution in [0.25, 0.3) is 22.4 Å². The van der Waals surface area contributed by atoms with Crippen LogP contribution < -0.4 is 5.32 Å². The lowest BCUT2D eigenvalue weighted by molar-refractivity contribution is -0.136. The van der Waals surface area contributed by atoms with E-state index in [0.717, 1.165) is 22.9 Å². The average molecular weight is 545 g/mol. The third-order valence-electron chi connectivity index (χ3n) is 8.02. The molecule has 39 heavy (non-hydrogen) atoms. The SMILES string of the molecule is CC1(C)CC(O)CN1C(=O)N1CCc2cc(-c3cnc4[nH]cc(C(F)(F)F)c4n3)cc([C@@H]3COCCN3)c2C1. The van der Waals surface area contributed by atoms with Crippen LogP contribution in [-0.4, -0.2) is 80.4 Å². The Morgan fingerprint density at radius 1 is 1.28 bits per heavy atom. The fourth-order valence-corrected chi connectivity index (χ4v) is 6.05. The van der Waals surface area contributed by atoms with Crippen molar-refractivity contribution in [1.29, 1.82) is 0 Å².